The smallest absolute Gasteiger partial charge is 0.213 e. The van der Waals surface area contributed by atoms with E-state index in [1.165, 1.54) is 12.1 Å². The summed E-state index contributed by atoms with van der Waals surface area (Å²) in [5.41, 5.74) is 1.01. The van der Waals surface area contributed by atoms with Crippen LogP contribution in [0.3, 0.4) is 0 Å². The summed E-state index contributed by atoms with van der Waals surface area (Å²) in [5, 5.41) is 6.58. The van der Waals surface area contributed by atoms with Crippen LogP contribution in [0.1, 0.15) is 18.9 Å². The van der Waals surface area contributed by atoms with Crippen molar-refractivity contribution in [3.63, 3.8) is 0 Å². The molecular formula is C21H30FIN4O2S. The highest BCUT2D eigenvalue weighted by molar-refractivity contribution is 14.0. The number of aliphatic imine (C=N–C) groups is 1. The highest BCUT2D eigenvalue weighted by Crippen LogP contribution is 2.18. The molecule has 0 aliphatic rings. The first-order valence-electron chi connectivity index (χ1n) is 9.68. The molecule has 0 radical (unpaired) electrons. The maximum atomic E-state index is 12.9. The zero-order valence-electron chi connectivity index (χ0n) is 17.4. The molecule has 0 atom stereocenters. The van der Waals surface area contributed by atoms with E-state index in [1.54, 1.807) is 37.2 Å². The van der Waals surface area contributed by atoms with Gasteiger partial charge in [-0.15, -0.1) is 35.7 Å². The summed E-state index contributed by atoms with van der Waals surface area (Å²) in [4.78, 5) is 9.96. The molecule has 0 aliphatic carbocycles. The SMILES string of the molecule is CCNC(=NCc1ccc(OCCOC)nc1)NCCCSc1ccc(F)cc1.I. The lowest BCUT2D eigenvalue weighted by Crippen LogP contribution is -2.37. The van der Waals surface area contributed by atoms with E-state index in [-0.39, 0.29) is 29.8 Å². The number of pyridine rings is 1. The van der Waals surface area contributed by atoms with Crippen LogP contribution in [0.2, 0.25) is 0 Å². The lowest BCUT2D eigenvalue weighted by atomic mass is 10.3. The molecule has 0 saturated heterocycles. The average molecular weight is 548 g/mol. The number of aromatic nitrogens is 1. The zero-order chi connectivity index (χ0) is 20.7. The second kappa shape index (κ2) is 16.1. The molecule has 30 heavy (non-hydrogen) atoms. The molecule has 1 aromatic carbocycles. The number of benzene rings is 1. The maximum Gasteiger partial charge on any atom is 0.213 e. The summed E-state index contributed by atoms with van der Waals surface area (Å²) >= 11 is 1.72. The first-order valence-corrected chi connectivity index (χ1v) is 10.7. The van der Waals surface area contributed by atoms with E-state index in [0.717, 1.165) is 41.7 Å². The summed E-state index contributed by atoms with van der Waals surface area (Å²) in [5.74, 6) is 2.11. The van der Waals surface area contributed by atoms with Crippen molar-refractivity contribution in [2.75, 3.05) is 39.2 Å². The number of hydrogen-bond acceptors (Lipinski definition) is 5. The summed E-state index contributed by atoms with van der Waals surface area (Å²) in [7, 11) is 1.64. The van der Waals surface area contributed by atoms with Crippen LogP contribution in [0.5, 0.6) is 5.88 Å². The fourth-order valence-corrected chi connectivity index (χ4v) is 3.18. The topological polar surface area (TPSA) is 67.8 Å². The van der Waals surface area contributed by atoms with E-state index in [4.69, 9.17) is 9.47 Å². The first-order chi connectivity index (χ1) is 14.2. The number of nitrogens with zero attached hydrogens (tertiary/aromatic N) is 2. The van der Waals surface area contributed by atoms with Crippen molar-refractivity contribution < 1.29 is 13.9 Å². The predicted molar refractivity (Wildman–Crippen MR) is 132 cm³/mol. The summed E-state index contributed by atoms with van der Waals surface area (Å²) < 4.78 is 23.3. The molecule has 9 heteroatoms. The van der Waals surface area contributed by atoms with Crippen molar-refractivity contribution in [1.29, 1.82) is 0 Å². The number of hydrogen-bond donors (Lipinski definition) is 2. The number of ether oxygens (including phenoxy) is 2. The van der Waals surface area contributed by atoms with Crippen LogP contribution in [0.25, 0.3) is 0 Å². The highest BCUT2D eigenvalue weighted by Gasteiger charge is 2.00. The van der Waals surface area contributed by atoms with Crippen LogP contribution in [-0.4, -0.2) is 50.1 Å². The van der Waals surface area contributed by atoms with Gasteiger partial charge >= 0.3 is 0 Å². The third-order valence-corrected chi connectivity index (χ3v) is 4.89. The van der Waals surface area contributed by atoms with Gasteiger partial charge in [0.2, 0.25) is 5.88 Å². The van der Waals surface area contributed by atoms with E-state index >= 15 is 0 Å². The Bertz CT molecular complexity index is 733. The number of halogens is 2. The molecule has 2 aromatic rings. The lowest BCUT2D eigenvalue weighted by molar-refractivity contribution is 0.143. The van der Waals surface area contributed by atoms with Gasteiger partial charge in [-0.3, -0.25) is 0 Å². The van der Waals surface area contributed by atoms with Crippen molar-refractivity contribution in [3.05, 3.63) is 54.0 Å². The predicted octanol–water partition coefficient (Wildman–Crippen LogP) is 4.10. The molecule has 1 heterocycles. The number of thioether (sulfide) groups is 1. The minimum absolute atomic E-state index is 0. The Balaban J connectivity index is 0.00000450. The first kappa shape index (κ1) is 26.4. The van der Waals surface area contributed by atoms with Crippen LogP contribution >= 0.6 is 35.7 Å². The van der Waals surface area contributed by atoms with Gasteiger partial charge < -0.3 is 20.1 Å². The monoisotopic (exact) mass is 548 g/mol. The molecule has 1 aromatic heterocycles. The maximum absolute atomic E-state index is 12.9. The summed E-state index contributed by atoms with van der Waals surface area (Å²) in [6, 6.07) is 10.4. The fraction of sp³-hybridized carbons (Fsp3) is 0.429. The fourth-order valence-electron chi connectivity index (χ4n) is 2.33. The standard InChI is InChI=1S/C21H29FN4O2S.HI/c1-3-23-21(24-11-4-14-29-19-8-6-18(22)7-9-19)26-16-17-5-10-20(25-15-17)28-13-12-27-2;/h5-10,15H,3-4,11-14,16H2,1-2H3,(H2,23,24,26);1H. The Kier molecular flexibility index (Phi) is 14.2. The van der Waals surface area contributed by atoms with Crippen molar-refractivity contribution in [2.45, 2.75) is 24.8 Å². The number of nitrogens with one attached hydrogen (secondary N) is 2. The van der Waals surface area contributed by atoms with Crippen LogP contribution in [0.4, 0.5) is 4.39 Å². The third kappa shape index (κ3) is 11.0. The average Bonchev–Trinajstić information content (AvgIpc) is 2.74. The molecule has 0 fully saturated rings. The molecule has 0 aliphatic heterocycles. The normalized spacial score (nSPS) is 11.0. The van der Waals surface area contributed by atoms with E-state index in [9.17, 15) is 4.39 Å². The molecule has 2 rings (SSSR count). The van der Waals surface area contributed by atoms with Crippen LogP contribution < -0.4 is 15.4 Å². The molecule has 0 bridgehead atoms. The molecule has 6 nitrogen and oxygen atoms in total. The number of guanidine groups is 1. The van der Waals surface area contributed by atoms with Crippen molar-refractivity contribution >= 4 is 41.7 Å². The minimum Gasteiger partial charge on any atom is -0.475 e. The zero-order valence-corrected chi connectivity index (χ0v) is 20.5. The van der Waals surface area contributed by atoms with Gasteiger partial charge in [-0.2, -0.15) is 0 Å². The molecule has 0 spiro atoms. The second-order valence-corrected chi connectivity index (χ2v) is 7.29. The Labute approximate surface area is 199 Å². The largest absolute Gasteiger partial charge is 0.475 e. The van der Waals surface area contributed by atoms with Gasteiger partial charge in [0.15, 0.2) is 5.96 Å². The van der Waals surface area contributed by atoms with Gasteiger partial charge in [-0.25, -0.2) is 14.4 Å². The van der Waals surface area contributed by atoms with Crippen LogP contribution in [-0.2, 0) is 11.3 Å². The van der Waals surface area contributed by atoms with E-state index in [1.807, 2.05) is 19.1 Å². The Hall–Kier alpha value is -1.59. The van der Waals surface area contributed by atoms with Crippen LogP contribution in [0, 0.1) is 5.82 Å². The number of rotatable bonds is 12. The van der Waals surface area contributed by atoms with Gasteiger partial charge in [0.25, 0.3) is 0 Å². The van der Waals surface area contributed by atoms with Gasteiger partial charge in [-0.1, -0.05) is 6.07 Å². The summed E-state index contributed by atoms with van der Waals surface area (Å²) in [6.07, 6.45) is 2.75. The summed E-state index contributed by atoms with van der Waals surface area (Å²) in [6.45, 7) is 5.19. The van der Waals surface area contributed by atoms with Gasteiger partial charge in [-0.05, 0) is 48.9 Å². The van der Waals surface area contributed by atoms with Gasteiger partial charge in [0, 0.05) is 37.4 Å². The molecule has 0 amide bonds. The van der Waals surface area contributed by atoms with Crippen molar-refractivity contribution in [1.82, 2.24) is 15.6 Å². The molecule has 0 saturated carbocycles. The van der Waals surface area contributed by atoms with Crippen LogP contribution in [0.15, 0.2) is 52.5 Å². The van der Waals surface area contributed by atoms with Gasteiger partial charge in [0.1, 0.15) is 12.4 Å². The Morgan fingerprint density at radius 2 is 1.93 bits per heavy atom. The van der Waals surface area contributed by atoms with Gasteiger partial charge in [0.05, 0.1) is 13.2 Å². The van der Waals surface area contributed by atoms with E-state index in [2.05, 4.69) is 20.6 Å². The highest BCUT2D eigenvalue weighted by atomic mass is 127. The quantitative estimate of drug-likeness (QED) is 0.137. The Morgan fingerprint density at radius 3 is 2.60 bits per heavy atom. The third-order valence-electron chi connectivity index (χ3n) is 3.79. The lowest BCUT2D eigenvalue weighted by Gasteiger charge is -2.11. The minimum atomic E-state index is -0.203. The molecule has 0 unspecified atom stereocenters. The van der Waals surface area contributed by atoms with E-state index < -0.39 is 0 Å². The van der Waals surface area contributed by atoms with E-state index in [0.29, 0.717) is 25.6 Å². The molecular weight excluding hydrogens is 518 g/mol. The number of methoxy groups -OCH3 is 1. The Morgan fingerprint density at radius 1 is 1.13 bits per heavy atom. The molecule has 166 valence electrons. The van der Waals surface area contributed by atoms with Crippen molar-refractivity contribution in [3.8, 4) is 5.88 Å². The second-order valence-electron chi connectivity index (χ2n) is 6.12. The molecule has 2 N–H and O–H groups in total. The van der Waals surface area contributed by atoms with Crippen molar-refractivity contribution in [2.24, 2.45) is 4.99 Å².